The van der Waals surface area contributed by atoms with Crippen LogP contribution in [-0.2, 0) is 6.54 Å². The number of aromatic carboxylic acids is 1. The summed E-state index contributed by atoms with van der Waals surface area (Å²) in [5.74, 6) is -1.12. The number of pyridine rings is 2. The Morgan fingerprint density at radius 2 is 2.17 bits per heavy atom. The molecule has 0 spiro atoms. The molecule has 0 saturated heterocycles. The topological polar surface area (TPSA) is 72.2 Å². The van der Waals surface area contributed by atoms with Crippen LogP contribution in [0.25, 0.3) is 0 Å². The van der Waals surface area contributed by atoms with Gasteiger partial charge in [-0.3, -0.25) is 14.3 Å². The normalized spacial score (nSPS) is 10.3. The summed E-state index contributed by atoms with van der Waals surface area (Å²) in [5, 5.41) is 9.05. The monoisotopic (exact) mass is 244 g/mol. The first-order valence-electron chi connectivity index (χ1n) is 5.41. The fraction of sp³-hybridized carbons (Fsp3) is 0.154. The smallest absolute Gasteiger partial charge is 0.352 e. The molecule has 0 fully saturated rings. The molecule has 92 valence electrons. The van der Waals surface area contributed by atoms with E-state index in [2.05, 4.69) is 4.98 Å². The molecule has 0 saturated carbocycles. The molecule has 0 unspecified atom stereocenters. The molecule has 0 bridgehead atoms. The fourth-order valence-corrected chi connectivity index (χ4v) is 1.76. The Balaban J connectivity index is 2.46. The van der Waals surface area contributed by atoms with Crippen molar-refractivity contribution in [2.45, 2.75) is 13.5 Å². The molecule has 2 heterocycles. The van der Waals surface area contributed by atoms with Gasteiger partial charge in [0.15, 0.2) is 0 Å². The first kappa shape index (κ1) is 12.0. The predicted molar refractivity (Wildman–Crippen MR) is 65.7 cm³/mol. The molecule has 1 N–H and O–H groups in total. The van der Waals surface area contributed by atoms with Crippen LogP contribution in [0.3, 0.4) is 0 Å². The van der Waals surface area contributed by atoms with Crippen molar-refractivity contribution in [1.82, 2.24) is 9.55 Å². The van der Waals surface area contributed by atoms with E-state index in [1.807, 2.05) is 13.0 Å². The number of hydrogen-bond acceptors (Lipinski definition) is 3. The van der Waals surface area contributed by atoms with Crippen LogP contribution >= 0.6 is 0 Å². The molecule has 0 amide bonds. The zero-order chi connectivity index (χ0) is 13.1. The average molecular weight is 244 g/mol. The van der Waals surface area contributed by atoms with E-state index < -0.39 is 5.97 Å². The molecule has 0 aliphatic rings. The molecule has 0 atom stereocenters. The van der Waals surface area contributed by atoms with Crippen LogP contribution in [-0.4, -0.2) is 20.6 Å². The Morgan fingerprint density at radius 3 is 2.83 bits per heavy atom. The SMILES string of the molecule is Cc1cncc(Cn2c(C(=O)O)cccc2=O)c1. The highest BCUT2D eigenvalue weighted by Crippen LogP contribution is 2.05. The van der Waals surface area contributed by atoms with Gasteiger partial charge >= 0.3 is 5.97 Å². The Hall–Kier alpha value is -2.43. The van der Waals surface area contributed by atoms with Crippen molar-refractivity contribution in [1.29, 1.82) is 0 Å². The summed E-state index contributed by atoms with van der Waals surface area (Å²) in [7, 11) is 0. The minimum absolute atomic E-state index is 0.0241. The molecule has 2 aromatic rings. The van der Waals surface area contributed by atoms with Gasteiger partial charge in [0.25, 0.3) is 5.56 Å². The Labute approximate surface area is 103 Å². The van der Waals surface area contributed by atoms with Crippen LogP contribution < -0.4 is 5.56 Å². The van der Waals surface area contributed by atoms with Crippen molar-refractivity contribution in [2.75, 3.05) is 0 Å². The minimum atomic E-state index is -1.12. The summed E-state index contributed by atoms with van der Waals surface area (Å²) in [6, 6.07) is 6.07. The maximum absolute atomic E-state index is 11.7. The lowest BCUT2D eigenvalue weighted by Gasteiger charge is -2.09. The summed E-state index contributed by atoms with van der Waals surface area (Å²) in [4.78, 5) is 26.8. The predicted octanol–water partition coefficient (Wildman–Crippen LogP) is 1.30. The standard InChI is InChI=1S/C13H12N2O3/c1-9-5-10(7-14-6-9)8-15-11(13(17)18)3-2-4-12(15)16/h2-7H,8H2,1H3,(H,17,18). The van der Waals surface area contributed by atoms with Crippen molar-refractivity contribution in [3.63, 3.8) is 0 Å². The van der Waals surface area contributed by atoms with Crippen LogP contribution in [0, 0.1) is 6.92 Å². The molecule has 5 heteroatoms. The second-order valence-electron chi connectivity index (χ2n) is 4.01. The van der Waals surface area contributed by atoms with E-state index in [1.165, 1.54) is 22.8 Å². The molecular formula is C13H12N2O3. The molecular weight excluding hydrogens is 232 g/mol. The lowest BCUT2D eigenvalue weighted by Crippen LogP contribution is -2.25. The van der Waals surface area contributed by atoms with Crippen LogP contribution in [0.2, 0.25) is 0 Å². The van der Waals surface area contributed by atoms with Gasteiger partial charge in [0.1, 0.15) is 5.69 Å². The molecule has 0 aromatic carbocycles. The zero-order valence-corrected chi connectivity index (χ0v) is 9.83. The van der Waals surface area contributed by atoms with Gasteiger partial charge < -0.3 is 5.11 Å². The van der Waals surface area contributed by atoms with Gasteiger partial charge in [0, 0.05) is 18.5 Å². The third-order valence-electron chi connectivity index (χ3n) is 2.54. The number of nitrogens with zero attached hydrogens (tertiary/aromatic N) is 2. The Kier molecular flexibility index (Phi) is 3.23. The van der Waals surface area contributed by atoms with Gasteiger partial charge in [-0.05, 0) is 24.1 Å². The van der Waals surface area contributed by atoms with Gasteiger partial charge in [-0.15, -0.1) is 0 Å². The molecule has 0 aliphatic heterocycles. The van der Waals surface area contributed by atoms with E-state index in [-0.39, 0.29) is 17.8 Å². The van der Waals surface area contributed by atoms with E-state index in [9.17, 15) is 9.59 Å². The van der Waals surface area contributed by atoms with E-state index in [1.54, 1.807) is 12.4 Å². The molecule has 0 radical (unpaired) electrons. The average Bonchev–Trinajstić information content (AvgIpc) is 2.31. The third-order valence-corrected chi connectivity index (χ3v) is 2.54. The van der Waals surface area contributed by atoms with Gasteiger partial charge in [0.2, 0.25) is 0 Å². The number of carbonyl (C=O) groups is 1. The Bertz CT molecular complexity index is 647. The van der Waals surface area contributed by atoms with Crippen molar-refractivity contribution < 1.29 is 9.90 Å². The number of carboxylic acids is 1. The number of rotatable bonds is 3. The second kappa shape index (κ2) is 4.83. The Morgan fingerprint density at radius 1 is 1.39 bits per heavy atom. The molecule has 0 aliphatic carbocycles. The highest BCUT2D eigenvalue weighted by atomic mass is 16.4. The zero-order valence-electron chi connectivity index (χ0n) is 9.83. The van der Waals surface area contributed by atoms with Gasteiger partial charge in [-0.2, -0.15) is 0 Å². The maximum Gasteiger partial charge on any atom is 0.352 e. The van der Waals surface area contributed by atoms with Crippen molar-refractivity contribution in [3.05, 3.63) is 63.8 Å². The van der Waals surface area contributed by atoms with E-state index in [4.69, 9.17) is 5.11 Å². The highest BCUT2D eigenvalue weighted by molar-refractivity contribution is 5.85. The summed E-state index contributed by atoms with van der Waals surface area (Å²) in [6.07, 6.45) is 3.33. The van der Waals surface area contributed by atoms with Gasteiger partial charge in [-0.25, -0.2) is 4.79 Å². The van der Waals surface area contributed by atoms with Crippen LogP contribution in [0.1, 0.15) is 21.6 Å². The van der Waals surface area contributed by atoms with Gasteiger partial charge in [-0.1, -0.05) is 12.1 Å². The molecule has 2 aromatic heterocycles. The minimum Gasteiger partial charge on any atom is -0.477 e. The molecule has 5 nitrogen and oxygen atoms in total. The molecule has 18 heavy (non-hydrogen) atoms. The van der Waals surface area contributed by atoms with Crippen molar-refractivity contribution >= 4 is 5.97 Å². The van der Waals surface area contributed by atoms with Crippen LogP contribution in [0.5, 0.6) is 0 Å². The van der Waals surface area contributed by atoms with E-state index in [0.717, 1.165) is 11.1 Å². The van der Waals surface area contributed by atoms with Gasteiger partial charge in [0.05, 0.1) is 6.54 Å². The highest BCUT2D eigenvalue weighted by Gasteiger charge is 2.10. The lowest BCUT2D eigenvalue weighted by atomic mass is 10.2. The largest absolute Gasteiger partial charge is 0.477 e. The summed E-state index contributed by atoms with van der Waals surface area (Å²) in [5.41, 5.74) is 1.40. The van der Waals surface area contributed by atoms with E-state index >= 15 is 0 Å². The van der Waals surface area contributed by atoms with E-state index in [0.29, 0.717) is 0 Å². The van der Waals surface area contributed by atoms with Crippen molar-refractivity contribution in [3.8, 4) is 0 Å². The van der Waals surface area contributed by atoms with Crippen LogP contribution in [0.15, 0.2) is 41.5 Å². The quantitative estimate of drug-likeness (QED) is 0.883. The number of aryl methyl sites for hydroxylation is 1. The van der Waals surface area contributed by atoms with Crippen LogP contribution in [0.4, 0.5) is 0 Å². The summed E-state index contributed by atoms with van der Waals surface area (Å²) < 4.78 is 1.22. The third kappa shape index (κ3) is 2.45. The maximum atomic E-state index is 11.7. The lowest BCUT2D eigenvalue weighted by molar-refractivity contribution is 0.0684. The summed E-state index contributed by atoms with van der Waals surface area (Å²) >= 11 is 0. The van der Waals surface area contributed by atoms with Crippen molar-refractivity contribution in [2.24, 2.45) is 0 Å². The number of carboxylic acid groups (broad SMARTS) is 1. The first-order chi connectivity index (χ1) is 8.58. The first-order valence-corrected chi connectivity index (χ1v) is 5.41. The summed E-state index contributed by atoms with van der Waals surface area (Å²) in [6.45, 7) is 2.10. The molecule has 2 rings (SSSR count). The number of aromatic nitrogens is 2. The fourth-order valence-electron chi connectivity index (χ4n) is 1.76. The number of hydrogen-bond donors (Lipinski definition) is 1. The second-order valence-corrected chi connectivity index (χ2v) is 4.01.